The van der Waals surface area contributed by atoms with Crippen LogP contribution in [0.15, 0.2) is 22.0 Å². The zero-order valence-corrected chi connectivity index (χ0v) is 8.39. The summed E-state index contributed by atoms with van der Waals surface area (Å²) in [6.45, 7) is 2.05. The maximum Gasteiger partial charge on any atom is 0.0339 e. The van der Waals surface area contributed by atoms with Gasteiger partial charge >= 0.3 is 0 Å². The molecule has 0 nitrogen and oxygen atoms in total. The fourth-order valence-electron chi connectivity index (χ4n) is 1.000. The molecule has 0 heterocycles. The molecule has 0 aromatic heterocycles. The Morgan fingerprint density at radius 3 is 2.50 bits per heavy atom. The third-order valence-electron chi connectivity index (χ3n) is 1.31. The highest BCUT2D eigenvalue weighted by atomic mass is 32.1. The second-order valence-electron chi connectivity index (χ2n) is 2.74. The monoisotopic (exact) mass is 190 g/mol. The number of allylic oxidation sites excluding steroid dienone is 2. The lowest BCUT2D eigenvalue weighted by molar-refractivity contribution is 0.796. The highest BCUT2D eigenvalue weighted by molar-refractivity contribution is 7.86. The summed E-state index contributed by atoms with van der Waals surface area (Å²) >= 11 is 12.9. The van der Waals surface area contributed by atoms with Gasteiger partial charge in [0.05, 0.1) is 0 Å². The fourth-order valence-corrected chi connectivity index (χ4v) is 2.55. The van der Waals surface area contributed by atoms with Gasteiger partial charge in [-0.05, 0) is 24.3 Å². The molecular weight excluding hydrogens is 180 g/mol. The lowest BCUT2D eigenvalue weighted by Gasteiger charge is -2.23. The van der Waals surface area contributed by atoms with Crippen LogP contribution in [0.25, 0.3) is 0 Å². The van der Waals surface area contributed by atoms with Crippen molar-refractivity contribution in [1.82, 2.24) is 0 Å². The number of hydrogen-bond donors (Lipinski definition) is 3. The molecule has 1 aliphatic rings. The van der Waals surface area contributed by atoms with E-state index in [-0.39, 0.29) is 4.75 Å². The van der Waals surface area contributed by atoms with Gasteiger partial charge in [-0.15, -0.1) is 25.3 Å². The van der Waals surface area contributed by atoms with Crippen molar-refractivity contribution in [2.75, 3.05) is 0 Å². The Balaban J connectivity index is 2.88. The minimum absolute atomic E-state index is 0.0666. The summed E-state index contributed by atoms with van der Waals surface area (Å²) in [5.41, 5.74) is 0. The quantitative estimate of drug-likeness (QED) is 0.481. The van der Waals surface area contributed by atoms with E-state index in [4.69, 9.17) is 0 Å². The standard InChI is InChI=1S/C7H10S3/c1-7(10)3-5(8)2-6(9)4-7/h2-3,8-10H,4H2,1H3. The average Bonchev–Trinajstić information content (AvgIpc) is 1.54. The molecule has 10 heavy (non-hydrogen) atoms. The smallest absolute Gasteiger partial charge is 0.0339 e. The van der Waals surface area contributed by atoms with E-state index in [0.29, 0.717) is 0 Å². The predicted molar refractivity (Wildman–Crippen MR) is 56.1 cm³/mol. The minimum Gasteiger partial charge on any atom is -0.168 e. The van der Waals surface area contributed by atoms with E-state index < -0.39 is 0 Å². The van der Waals surface area contributed by atoms with Gasteiger partial charge in [0.2, 0.25) is 0 Å². The second-order valence-corrected chi connectivity index (χ2v) is 4.85. The van der Waals surface area contributed by atoms with Crippen molar-refractivity contribution in [2.45, 2.75) is 18.1 Å². The summed E-state index contributed by atoms with van der Waals surface area (Å²) in [6, 6.07) is 0. The van der Waals surface area contributed by atoms with Crippen molar-refractivity contribution >= 4 is 37.9 Å². The van der Waals surface area contributed by atoms with Crippen LogP contribution in [0, 0.1) is 0 Å². The minimum atomic E-state index is -0.0666. The maximum atomic E-state index is 4.42. The molecule has 3 heteroatoms. The molecule has 0 radical (unpaired) electrons. The molecule has 1 aliphatic carbocycles. The van der Waals surface area contributed by atoms with E-state index in [1.54, 1.807) is 0 Å². The SMILES string of the molecule is CC1(S)C=C(S)C=C(S)C1. The summed E-state index contributed by atoms with van der Waals surface area (Å²) in [5.74, 6) is 0. The normalized spacial score (nSPS) is 33.2. The van der Waals surface area contributed by atoms with Crippen molar-refractivity contribution in [3.8, 4) is 0 Å². The third kappa shape index (κ3) is 2.29. The van der Waals surface area contributed by atoms with E-state index in [9.17, 15) is 0 Å². The van der Waals surface area contributed by atoms with Gasteiger partial charge in [0.15, 0.2) is 0 Å². The van der Waals surface area contributed by atoms with Crippen LogP contribution in [0.5, 0.6) is 0 Å². The predicted octanol–water partition coefficient (Wildman–Crippen LogP) is 2.71. The average molecular weight is 190 g/mol. The van der Waals surface area contributed by atoms with Gasteiger partial charge in [0.1, 0.15) is 0 Å². The molecule has 0 amide bonds. The van der Waals surface area contributed by atoms with Crippen LogP contribution in [0.1, 0.15) is 13.3 Å². The van der Waals surface area contributed by atoms with E-state index >= 15 is 0 Å². The summed E-state index contributed by atoms with van der Waals surface area (Å²) in [4.78, 5) is 2.00. The summed E-state index contributed by atoms with van der Waals surface area (Å²) < 4.78 is -0.0666. The van der Waals surface area contributed by atoms with Gasteiger partial charge in [-0.1, -0.05) is 6.08 Å². The molecule has 0 N–H and O–H groups in total. The van der Waals surface area contributed by atoms with Crippen molar-refractivity contribution in [2.24, 2.45) is 0 Å². The van der Waals surface area contributed by atoms with Crippen molar-refractivity contribution in [3.05, 3.63) is 22.0 Å². The molecule has 1 rings (SSSR count). The van der Waals surface area contributed by atoms with Crippen LogP contribution in [0.2, 0.25) is 0 Å². The molecule has 0 fully saturated rings. The first kappa shape index (κ1) is 8.62. The van der Waals surface area contributed by atoms with Crippen LogP contribution >= 0.6 is 37.9 Å². The Morgan fingerprint density at radius 1 is 1.50 bits per heavy atom. The molecule has 1 unspecified atom stereocenters. The number of rotatable bonds is 0. The molecule has 0 spiro atoms. The van der Waals surface area contributed by atoms with Crippen LogP contribution in [0.4, 0.5) is 0 Å². The lowest BCUT2D eigenvalue weighted by atomic mass is 10.0. The molecule has 1 atom stereocenters. The zero-order valence-electron chi connectivity index (χ0n) is 5.70. The molecule has 56 valence electrons. The van der Waals surface area contributed by atoms with E-state index in [1.807, 2.05) is 12.2 Å². The van der Waals surface area contributed by atoms with E-state index in [2.05, 4.69) is 44.8 Å². The van der Waals surface area contributed by atoms with E-state index in [1.165, 1.54) is 0 Å². The van der Waals surface area contributed by atoms with Gasteiger partial charge in [-0.2, -0.15) is 12.6 Å². The van der Waals surface area contributed by atoms with Crippen LogP contribution < -0.4 is 0 Å². The Bertz CT molecular complexity index is 201. The Kier molecular flexibility index (Phi) is 2.48. The first-order chi connectivity index (χ1) is 4.49. The number of thiol groups is 3. The Hall–Kier alpha value is 0.530. The third-order valence-corrected chi connectivity index (χ3v) is 2.14. The molecular formula is C7H10S3. The summed E-state index contributed by atoms with van der Waals surface area (Å²) in [5, 5.41) is 0. The second kappa shape index (κ2) is 2.88. The van der Waals surface area contributed by atoms with E-state index in [0.717, 1.165) is 16.2 Å². The lowest BCUT2D eigenvalue weighted by Crippen LogP contribution is -2.15. The van der Waals surface area contributed by atoms with Crippen LogP contribution in [-0.2, 0) is 0 Å². The van der Waals surface area contributed by atoms with Gasteiger partial charge in [-0.3, -0.25) is 0 Å². The van der Waals surface area contributed by atoms with Gasteiger partial charge in [0, 0.05) is 9.65 Å². The van der Waals surface area contributed by atoms with Crippen LogP contribution in [-0.4, -0.2) is 4.75 Å². The first-order valence-corrected chi connectivity index (χ1v) is 4.37. The van der Waals surface area contributed by atoms with Gasteiger partial charge in [-0.25, -0.2) is 0 Å². The molecule has 0 saturated heterocycles. The maximum absolute atomic E-state index is 4.42. The molecule has 0 aromatic rings. The van der Waals surface area contributed by atoms with Gasteiger partial charge < -0.3 is 0 Å². The molecule has 0 aliphatic heterocycles. The molecule has 0 aromatic carbocycles. The first-order valence-electron chi connectivity index (χ1n) is 3.03. The summed E-state index contributed by atoms with van der Waals surface area (Å²) in [6.07, 6.45) is 4.87. The Morgan fingerprint density at radius 2 is 2.10 bits per heavy atom. The highest BCUT2D eigenvalue weighted by Crippen LogP contribution is 2.33. The van der Waals surface area contributed by atoms with Crippen molar-refractivity contribution in [3.63, 3.8) is 0 Å². The molecule has 0 bridgehead atoms. The number of hydrogen-bond acceptors (Lipinski definition) is 3. The Labute approximate surface area is 78.0 Å². The summed E-state index contributed by atoms with van der Waals surface area (Å²) in [7, 11) is 0. The zero-order chi connectivity index (χ0) is 7.78. The largest absolute Gasteiger partial charge is 0.168 e. The highest BCUT2D eigenvalue weighted by Gasteiger charge is 2.20. The van der Waals surface area contributed by atoms with Crippen molar-refractivity contribution in [1.29, 1.82) is 0 Å². The van der Waals surface area contributed by atoms with Crippen LogP contribution in [0.3, 0.4) is 0 Å². The topological polar surface area (TPSA) is 0 Å². The molecule has 0 saturated carbocycles. The fraction of sp³-hybridized carbons (Fsp3) is 0.429. The van der Waals surface area contributed by atoms with Crippen molar-refractivity contribution < 1.29 is 0 Å². The van der Waals surface area contributed by atoms with Gasteiger partial charge in [0.25, 0.3) is 0 Å².